The van der Waals surface area contributed by atoms with Crippen LogP contribution in [0.15, 0.2) is 29.1 Å². The molecule has 1 aliphatic carbocycles. The van der Waals surface area contributed by atoms with Crippen LogP contribution >= 0.6 is 0 Å². The molecule has 2 aromatic rings. The van der Waals surface area contributed by atoms with Crippen LogP contribution in [-0.2, 0) is 11.3 Å². The summed E-state index contributed by atoms with van der Waals surface area (Å²) in [5.41, 5.74) is 1.17. The maximum absolute atomic E-state index is 12.2. The van der Waals surface area contributed by atoms with E-state index < -0.39 is 0 Å². The molecule has 1 aromatic heterocycles. The third kappa shape index (κ3) is 3.00. The second-order valence-electron chi connectivity index (χ2n) is 5.56. The molecule has 0 radical (unpaired) electrons. The Bertz CT molecular complexity index is 699. The zero-order valence-electron chi connectivity index (χ0n) is 11.7. The van der Waals surface area contributed by atoms with Gasteiger partial charge in [-0.2, -0.15) is 0 Å². The number of hydrogen-bond donors (Lipinski definition) is 3. The number of rotatable bonds is 6. The van der Waals surface area contributed by atoms with Crippen LogP contribution in [0.1, 0.15) is 19.3 Å². The van der Waals surface area contributed by atoms with E-state index in [-0.39, 0.29) is 30.8 Å². The number of amides is 1. The monoisotopic (exact) mass is 289 g/mol. The fraction of sp³-hybridized carbons (Fsp3) is 0.467. The number of aliphatic hydroxyl groups is 1. The minimum Gasteiger partial charge on any atom is -0.396 e. The van der Waals surface area contributed by atoms with Gasteiger partial charge in [0.1, 0.15) is 6.54 Å². The normalized spacial score (nSPS) is 16.0. The predicted octanol–water partition coefficient (Wildman–Crippen LogP) is 0.607. The summed E-state index contributed by atoms with van der Waals surface area (Å²) < 4.78 is 1.44. The zero-order valence-corrected chi connectivity index (χ0v) is 11.7. The highest BCUT2D eigenvalue weighted by Crippen LogP contribution is 2.33. The molecule has 0 spiro atoms. The molecule has 0 bridgehead atoms. The van der Waals surface area contributed by atoms with Gasteiger partial charge in [-0.15, -0.1) is 0 Å². The molecular formula is C15H19N3O3. The maximum atomic E-state index is 12.2. The molecule has 0 aliphatic heterocycles. The lowest BCUT2D eigenvalue weighted by molar-refractivity contribution is -0.122. The minimum absolute atomic E-state index is 0.00248. The summed E-state index contributed by atoms with van der Waals surface area (Å²) in [6, 6.07) is 7.32. The Labute approximate surface area is 121 Å². The summed E-state index contributed by atoms with van der Waals surface area (Å²) in [5.74, 6) is 0.285. The molecule has 1 fully saturated rings. The number of nitrogens with zero attached hydrogens (tertiary/aromatic N) is 1. The van der Waals surface area contributed by atoms with Crippen LogP contribution in [0.25, 0.3) is 11.0 Å². The molecule has 3 rings (SSSR count). The summed E-state index contributed by atoms with van der Waals surface area (Å²) in [6.45, 7) is 0.0615. The van der Waals surface area contributed by atoms with Gasteiger partial charge in [-0.1, -0.05) is 12.1 Å². The molecule has 0 saturated heterocycles. The fourth-order valence-electron chi connectivity index (χ4n) is 2.72. The first-order valence-corrected chi connectivity index (χ1v) is 7.27. The topological polar surface area (TPSA) is 87.1 Å². The molecule has 1 unspecified atom stereocenters. The number of nitrogens with one attached hydrogen (secondary N) is 2. The smallest absolute Gasteiger partial charge is 0.326 e. The summed E-state index contributed by atoms with van der Waals surface area (Å²) in [4.78, 5) is 26.8. The average Bonchev–Trinajstić information content (AvgIpc) is 3.25. The molecule has 21 heavy (non-hydrogen) atoms. The van der Waals surface area contributed by atoms with Crippen LogP contribution in [0.2, 0.25) is 0 Å². The maximum Gasteiger partial charge on any atom is 0.326 e. The van der Waals surface area contributed by atoms with Crippen molar-refractivity contribution in [2.75, 3.05) is 6.61 Å². The van der Waals surface area contributed by atoms with E-state index in [1.807, 2.05) is 24.3 Å². The highest BCUT2D eigenvalue weighted by atomic mass is 16.3. The van der Waals surface area contributed by atoms with Crippen molar-refractivity contribution >= 4 is 16.9 Å². The van der Waals surface area contributed by atoms with E-state index >= 15 is 0 Å². The van der Waals surface area contributed by atoms with Gasteiger partial charge in [0.25, 0.3) is 0 Å². The van der Waals surface area contributed by atoms with Crippen LogP contribution < -0.4 is 11.0 Å². The zero-order chi connectivity index (χ0) is 14.8. The Morgan fingerprint density at radius 2 is 2.19 bits per heavy atom. The lowest BCUT2D eigenvalue weighted by atomic mass is 10.1. The van der Waals surface area contributed by atoms with Crippen molar-refractivity contribution in [2.24, 2.45) is 5.92 Å². The Morgan fingerprint density at radius 1 is 1.43 bits per heavy atom. The van der Waals surface area contributed by atoms with Crippen molar-refractivity contribution in [3.8, 4) is 0 Å². The minimum atomic E-state index is -0.281. The number of para-hydroxylation sites is 2. The highest BCUT2D eigenvalue weighted by molar-refractivity contribution is 5.80. The number of aliphatic hydroxyl groups excluding tert-OH is 1. The number of carbonyl (C=O) groups is 1. The van der Waals surface area contributed by atoms with Gasteiger partial charge >= 0.3 is 5.69 Å². The predicted molar refractivity (Wildman–Crippen MR) is 78.9 cm³/mol. The van der Waals surface area contributed by atoms with Gasteiger partial charge in [-0.3, -0.25) is 9.36 Å². The van der Waals surface area contributed by atoms with Crippen molar-refractivity contribution < 1.29 is 9.90 Å². The van der Waals surface area contributed by atoms with Gasteiger partial charge in [0.2, 0.25) is 5.91 Å². The summed E-state index contributed by atoms with van der Waals surface area (Å²) in [5, 5.41) is 12.0. The molecule has 112 valence electrons. The number of fused-ring (bicyclic) bond motifs is 1. The molecule has 6 nitrogen and oxygen atoms in total. The quantitative estimate of drug-likeness (QED) is 0.728. The lowest BCUT2D eigenvalue weighted by Crippen LogP contribution is -2.40. The Hall–Kier alpha value is -2.08. The van der Waals surface area contributed by atoms with Crippen molar-refractivity contribution in [1.29, 1.82) is 0 Å². The van der Waals surface area contributed by atoms with E-state index in [0.717, 1.165) is 23.9 Å². The first-order valence-electron chi connectivity index (χ1n) is 7.27. The number of imidazole rings is 1. The first-order chi connectivity index (χ1) is 10.2. The van der Waals surface area contributed by atoms with Crippen LogP contribution in [-0.4, -0.2) is 33.2 Å². The van der Waals surface area contributed by atoms with Crippen molar-refractivity contribution in [3.63, 3.8) is 0 Å². The molecule has 1 saturated carbocycles. The molecule has 3 N–H and O–H groups in total. The molecule has 6 heteroatoms. The van der Waals surface area contributed by atoms with Gasteiger partial charge < -0.3 is 15.4 Å². The van der Waals surface area contributed by atoms with Gasteiger partial charge in [0, 0.05) is 12.6 Å². The molecule has 1 aliphatic rings. The number of aromatic amines is 1. The van der Waals surface area contributed by atoms with E-state index in [1.54, 1.807) is 0 Å². The van der Waals surface area contributed by atoms with Crippen LogP contribution in [0.4, 0.5) is 0 Å². The SMILES string of the molecule is O=C(Cn1c(=O)[nH]c2ccccc21)NC(CCO)C1CC1. The van der Waals surface area contributed by atoms with E-state index in [0.29, 0.717) is 12.3 Å². The largest absolute Gasteiger partial charge is 0.396 e. The summed E-state index contributed by atoms with van der Waals surface area (Å²) in [7, 11) is 0. The second-order valence-corrected chi connectivity index (χ2v) is 5.56. The third-order valence-corrected chi connectivity index (χ3v) is 3.96. The summed E-state index contributed by atoms with van der Waals surface area (Å²) in [6.07, 6.45) is 2.76. The van der Waals surface area contributed by atoms with E-state index in [9.17, 15) is 9.59 Å². The number of carbonyl (C=O) groups excluding carboxylic acids is 1. The number of H-pyrrole nitrogens is 1. The molecule has 1 heterocycles. The lowest BCUT2D eigenvalue weighted by Gasteiger charge is -2.17. The number of aromatic nitrogens is 2. The fourth-order valence-corrected chi connectivity index (χ4v) is 2.72. The highest BCUT2D eigenvalue weighted by Gasteiger charge is 2.31. The average molecular weight is 289 g/mol. The van der Waals surface area contributed by atoms with Crippen LogP contribution in [0, 0.1) is 5.92 Å². The van der Waals surface area contributed by atoms with Crippen LogP contribution in [0.5, 0.6) is 0 Å². The van der Waals surface area contributed by atoms with Crippen molar-refractivity contribution in [1.82, 2.24) is 14.9 Å². The number of benzene rings is 1. The van der Waals surface area contributed by atoms with Gasteiger partial charge in [0.15, 0.2) is 0 Å². The van der Waals surface area contributed by atoms with E-state index in [4.69, 9.17) is 5.11 Å². The molecule has 1 aromatic carbocycles. The Kier molecular flexibility index (Phi) is 3.79. The Morgan fingerprint density at radius 3 is 2.90 bits per heavy atom. The van der Waals surface area contributed by atoms with Gasteiger partial charge in [-0.05, 0) is 37.3 Å². The van der Waals surface area contributed by atoms with Gasteiger partial charge in [0.05, 0.1) is 11.0 Å². The van der Waals surface area contributed by atoms with Crippen molar-refractivity contribution in [3.05, 3.63) is 34.7 Å². The van der Waals surface area contributed by atoms with E-state index in [1.165, 1.54) is 4.57 Å². The second kappa shape index (κ2) is 5.73. The molecule has 1 amide bonds. The van der Waals surface area contributed by atoms with Crippen LogP contribution in [0.3, 0.4) is 0 Å². The first kappa shape index (κ1) is 13.9. The number of hydrogen-bond acceptors (Lipinski definition) is 3. The molecule has 1 atom stereocenters. The summed E-state index contributed by atoms with van der Waals surface area (Å²) >= 11 is 0. The Balaban J connectivity index is 1.74. The van der Waals surface area contributed by atoms with Gasteiger partial charge in [-0.25, -0.2) is 4.79 Å². The standard InChI is InChI=1S/C15H19N3O3/c19-8-7-11(10-5-6-10)16-14(20)9-18-13-4-2-1-3-12(13)17-15(18)21/h1-4,10-11,19H,5-9H2,(H,16,20)(H,17,21). The van der Waals surface area contributed by atoms with Crippen molar-refractivity contribution in [2.45, 2.75) is 31.8 Å². The molecular weight excluding hydrogens is 270 g/mol. The third-order valence-electron chi connectivity index (χ3n) is 3.96. The van der Waals surface area contributed by atoms with E-state index in [2.05, 4.69) is 10.3 Å².